The Kier molecular flexibility index (Phi) is 4.87. The number of allylic oxidation sites excluding steroid dienone is 1. The van der Waals surface area contributed by atoms with Crippen LogP contribution in [-0.4, -0.2) is 27.0 Å². The summed E-state index contributed by atoms with van der Waals surface area (Å²) >= 11 is 6.52. The molecule has 0 spiro atoms. The highest BCUT2D eigenvalue weighted by Crippen LogP contribution is 2.37. The molecule has 0 amide bonds. The number of aliphatic carboxylic acids is 1. The lowest BCUT2D eigenvalue weighted by Crippen LogP contribution is -2.20. The fourth-order valence-corrected chi connectivity index (χ4v) is 4.18. The maximum atomic E-state index is 11.6. The second kappa shape index (κ2) is 6.93. The molecule has 1 aliphatic heterocycles. The summed E-state index contributed by atoms with van der Waals surface area (Å²) in [5, 5.41) is 20.1. The first-order chi connectivity index (χ1) is 11.9. The Bertz CT molecular complexity index is 938. The fraction of sp³-hybridized carbons (Fsp3) is 0.278. The van der Waals surface area contributed by atoms with Crippen molar-refractivity contribution in [3.8, 4) is 5.88 Å². The molecule has 0 radical (unpaired) electrons. The smallest absolute Gasteiger partial charge is 0.326 e. The summed E-state index contributed by atoms with van der Waals surface area (Å²) in [7, 11) is 0. The summed E-state index contributed by atoms with van der Waals surface area (Å²) in [4.78, 5) is 16.5. The van der Waals surface area contributed by atoms with Crippen LogP contribution in [0.2, 0.25) is 0 Å². The van der Waals surface area contributed by atoms with Gasteiger partial charge in [-0.15, -0.1) is 11.3 Å². The fourth-order valence-electron chi connectivity index (χ4n) is 2.82. The van der Waals surface area contributed by atoms with Crippen molar-refractivity contribution >= 4 is 53.1 Å². The molecule has 5 nitrogen and oxygen atoms in total. The number of hydrogen-bond acceptors (Lipinski definition) is 5. The molecule has 0 bridgehead atoms. The highest BCUT2D eigenvalue weighted by molar-refractivity contribution is 7.73. The molecule has 1 atom stereocenters. The van der Waals surface area contributed by atoms with Crippen LogP contribution < -0.4 is 0 Å². The van der Waals surface area contributed by atoms with Crippen molar-refractivity contribution in [1.82, 2.24) is 4.57 Å². The molecule has 2 N–H and O–H groups in total. The number of hydrogen-bond donors (Lipinski definition) is 2. The number of rotatable bonds is 5. The van der Waals surface area contributed by atoms with E-state index in [-0.39, 0.29) is 11.8 Å². The molecular weight excluding hydrogens is 356 g/mol. The van der Waals surface area contributed by atoms with Gasteiger partial charge in [-0.05, 0) is 36.7 Å². The van der Waals surface area contributed by atoms with Crippen LogP contribution >= 0.6 is 23.6 Å². The SMILES string of the molecule is CC(C)CC(C(=O)O)n1c(O)c(/C=C2\C=Nc3ccccc32)sc1=S. The number of carboxylic acid groups (broad SMARTS) is 1. The minimum atomic E-state index is -0.995. The molecule has 130 valence electrons. The number of aromatic nitrogens is 1. The molecule has 2 heterocycles. The Morgan fingerprint density at radius 3 is 2.80 bits per heavy atom. The van der Waals surface area contributed by atoms with Crippen LogP contribution in [0.4, 0.5) is 5.69 Å². The third-order valence-electron chi connectivity index (χ3n) is 3.98. The predicted octanol–water partition coefficient (Wildman–Crippen LogP) is 4.91. The topological polar surface area (TPSA) is 74.8 Å². The standard InChI is InChI=1S/C18H18N2O3S2/c1-10(2)7-14(17(22)23)20-16(21)15(25-18(20)24)8-11-9-19-13-6-4-3-5-12(11)13/h3-6,8-10,14,21H,7H2,1-2H3,(H,22,23)/b11-8+. The van der Waals surface area contributed by atoms with Crippen LogP contribution in [0.3, 0.4) is 0 Å². The summed E-state index contributed by atoms with van der Waals surface area (Å²) in [5.41, 5.74) is 2.72. The van der Waals surface area contributed by atoms with E-state index in [4.69, 9.17) is 12.2 Å². The molecule has 1 aliphatic rings. The van der Waals surface area contributed by atoms with Crippen LogP contribution in [0.25, 0.3) is 11.6 Å². The summed E-state index contributed by atoms with van der Waals surface area (Å²) in [6, 6.07) is 6.85. The van der Waals surface area contributed by atoms with Gasteiger partial charge < -0.3 is 10.2 Å². The van der Waals surface area contributed by atoms with Crippen LogP contribution in [-0.2, 0) is 4.79 Å². The summed E-state index contributed by atoms with van der Waals surface area (Å²) in [6.45, 7) is 3.88. The molecule has 1 aromatic heterocycles. The Morgan fingerprint density at radius 1 is 1.40 bits per heavy atom. The maximum absolute atomic E-state index is 11.6. The first-order valence-electron chi connectivity index (χ1n) is 7.90. The van der Waals surface area contributed by atoms with E-state index in [0.717, 1.165) is 16.8 Å². The molecule has 0 fully saturated rings. The third kappa shape index (κ3) is 3.43. The first-order valence-corrected chi connectivity index (χ1v) is 9.13. The average Bonchev–Trinajstić information content (AvgIpc) is 3.07. The molecule has 1 aromatic carbocycles. The molecule has 0 aliphatic carbocycles. The number of aliphatic imine (C=N–C) groups is 1. The van der Waals surface area contributed by atoms with E-state index in [2.05, 4.69) is 4.99 Å². The lowest BCUT2D eigenvalue weighted by atomic mass is 10.0. The molecule has 25 heavy (non-hydrogen) atoms. The van der Waals surface area contributed by atoms with Crippen molar-refractivity contribution in [3.05, 3.63) is 38.7 Å². The number of benzene rings is 1. The van der Waals surface area contributed by atoms with Gasteiger partial charge in [0.25, 0.3) is 0 Å². The van der Waals surface area contributed by atoms with Crippen molar-refractivity contribution in [2.75, 3.05) is 0 Å². The Morgan fingerprint density at radius 2 is 2.12 bits per heavy atom. The van der Waals surface area contributed by atoms with E-state index in [1.807, 2.05) is 38.1 Å². The van der Waals surface area contributed by atoms with Crippen molar-refractivity contribution in [3.63, 3.8) is 0 Å². The summed E-state index contributed by atoms with van der Waals surface area (Å²) in [6.07, 6.45) is 3.93. The number of carboxylic acids is 1. The van der Waals surface area contributed by atoms with Gasteiger partial charge >= 0.3 is 5.97 Å². The number of para-hydroxylation sites is 1. The minimum absolute atomic E-state index is 0.103. The highest BCUT2D eigenvalue weighted by Gasteiger charge is 2.26. The predicted molar refractivity (Wildman–Crippen MR) is 103 cm³/mol. The second-order valence-electron chi connectivity index (χ2n) is 6.28. The summed E-state index contributed by atoms with van der Waals surface area (Å²) in [5.74, 6) is -0.934. The molecule has 1 unspecified atom stereocenters. The van der Waals surface area contributed by atoms with Crippen LogP contribution in [0.15, 0.2) is 29.3 Å². The average molecular weight is 374 g/mol. The number of aromatic hydroxyl groups is 1. The second-order valence-corrected chi connectivity index (χ2v) is 7.96. The van der Waals surface area contributed by atoms with E-state index in [1.54, 1.807) is 12.3 Å². The molecule has 0 saturated heterocycles. The van der Waals surface area contributed by atoms with E-state index < -0.39 is 12.0 Å². The molecule has 7 heteroatoms. The van der Waals surface area contributed by atoms with Gasteiger partial charge in [0.2, 0.25) is 5.88 Å². The quantitative estimate of drug-likeness (QED) is 0.729. The van der Waals surface area contributed by atoms with E-state index in [0.29, 0.717) is 15.3 Å². The van der Waals surface area contributed by atoms with Gasteiger partial charge in [0.15, 0.2) is 3.95 Å². The Hall–Kier alpha value is -2.25. The number of nitrogens with zero attached hydrogens (tertiary/aromatic N) is 2. The van der Waals surface area contributed by atoms with Crippen molar-refractivity contribution < 1.29 is 15.0 Å². The largest absolute Gasteiger partial charge is 0.493 e. The Balaban J connectivity index is 2.04. The van der Waals surface area contributed by atoms with Gasteiger partial charge in [-0.1, -0.05) is 32.0 Å². The van der Waals surface area contributed by atoms with Gasteiger partial charge in [-0.2, -0.15) is 0 Å². The zero-order valence-corrected chi connectivity index (χ0v) is 15.5. The van der Waals surface area contributed by atoms with Crippen molar-refractivity contribution in [2.24, 2.45) is 10.9 Å². The molecular formula is C18H18N2O3S2. The third-order valence-corrected chi connectivity index (χ3v) is 5.32. The van der Waals surface area contributed by atoms with Gasteiger partial charge in [-0.25, -0.2) is 4.79 Å². The van der Waals surface area contributed by atoms with Crippen molar-refractivity contribution in [2.45, 2.75) is 26.3 Å². The highest BCUT2D eigenvalue weighted by atomic mass is 32.1. The zero-order chi connectivity index (χ0) is 18.1. The Labute approximate surface area is 154 Å². The van der Waals surface area contributed by atoms with E-state index in [1.165, 1.54) is 15.9 Å². The van der Waals surface area contributed by atoms with Gasteiger partial charge in [-0.3, -0.25) is 9.56 Å². The van der Waals surface area contributed by atoms with Gasteiger partial charge in [0.1, 0.15) is 6.04 Å². The molecule has 3 rings (SSSR count). The normalized spacial score (nSPS) is 15.7. The zero-order valence-electron chi connectivity index (χ0n) is 13.8. The van der Waals surface area contributed by atoms with E-state index in [9.17, 15) is 15.0 Å². The van der Waals surface area contributed by atoms with Crippen LogP contribution in [0.1, 0.15) is 36.8 Å². The lowest BCUT2D eigenvalue weighted by molar-refractivity contribution is -0.141. The monoisotopic (exact) mass is 374 g/mol. The van der Waals surface area contributed by atoms with Gasteiger partial charge in [0, 0.05) is 17.4 Å². The lowest BCUT2D eigenvalue weighted by Gasteiger charge is -2.17. The number of thiazole rings is 1. The van der Waals surface area contributed by atoms with Crippen LogP contribution in [0.5, 0.6) is 5.88 Å². The molecule has 2 aromatic rings. The van der Waals surface area contributed by atoms with Crippen LogP contribution in [0, 0.1) is 9.87 Å². The first kappa shape index (κ1) is 17.6. The van der Waals surface area contributed by atoms with Gasteiger partial charge in [0.05, 0.1) is 10.6 Å². The number of carbonyl (C=O) groups is 1. The maximum Gasteiger partial charge on any atom is 0.326 e. The summed E-state index contributed by atoms with van der Waals surface area (Å²) < 4.78 is 1.69. The molecule has 0 saturated carbocycles. The number of fused-ring (bicyclic) bond motifs is 1. The van der Waals surface area contributed by atoms with Crippen molar-refractivity contribution in [1.29, 1.82) is 0 Å². The van der Waals surface area contributed by atoms with E-state index >= 15 is 0 Å². The minimum Gasteiger partial charge on any atom is -0.493 e.